The summed E-state index contributed by atoms with van der Waals surface area (Å²) in [4.78, 5) is 4.61. The topological polar surface area (TPSA) is 45.1 Å². The molecular formula is C14H20N2OS. The fourth-order valence-electron chi connectivity index (χ4n) is 1.66. The minimum Gasteiger partial charge on any atom is -0.389 e. The summed E-state index contributed by atoms with van der Waals surface area (Å²) in [6.07, 6.45) is 0.743. The van der Waals surface area contributed by atoms with Crippen LogP contribution in [0.4, 0.5) is 0 Å². The van der Waals surface area contributed by atoms with Crippen LogP contribution in [0.3, 0.4) is 0 Å². The highest BCUT2D eigenvalue weighted by Crippen LogP contribution is 2.26. The number of hydrogen-bond acceptors (Lipinski definition) is 4. The maximum Gasteiger partial charge on any atom is 0.111 e. The molecule has 1 aromatic carbocycles. The van der Waals surface area contributed by atoms with Gasteiger partial charge >= 0.3 is 0 Å². The van der Waals surface area contributed by atoms with Gasteiger partial charge in [-0.1, -0.05) is 19.1 Å². The first kappa shape index (κ1) is 13.5. The highest BCUT2D eigenvalue weighted by atomic mass is 32.1. The van der Waals surface area contributed by atoms with Crippen LogP contribution in [0, 0.1) is 0 Å². The van der Waals surface area contributed by atoms with Gasteiger partial charge in [-0.05, 0) is 32.4 Å². The second-order valence-corrected chi connectivity index (χ2v) is 6.04. The summed E-state index contributed by atoms with van der Waals surface area (Å²) in [7, 11) is 0. The molecule has 0 aliphatic heterocycles. The Bertz CT molecular complexity index is 488. The molecule has 0 aliphatic rings. The van der Waals surface area contributed by atoms with Crippen LogP contribution in [0.5, 0.6) is 0 Å². The molecule has 3 nitrogen and oxygen atoms in total. The lowest BCUT2D eigenvalue weighted by atomic mass is 10.0. The van der Waals surface area contributed by atoms with Gasteiger partial charge in [0.15, 0.2) is 0 Å². The van der Waals surface area contributed by atoms with E-state index >= 15 is 0 Å². The van der Waals surface area contributed by atoms with Gasteiger partial charge in [0, 0.05) is 6.54 Å². The molecular weight excluding hydrogens is 244 g/mol. The quantitative estimate of drug-likeness (QED) is 0.872. The fourth-order valence-corrected chi connectivity index (χ4v) is 2.65. The molecule has 0 radical (unpaired) electrons. The standard InChI is InChI=1S/C14H20N2OS/c1-4-14(3,17)9-15-10(2)13-16-11-7-5-6-8-12(11)18-13/h5-8,10,15,17H,4,9H2,1-3H3. The molecule has 0 saturated heterocycles. The first-order valence-corrected chi connectivity index (χ1v) is 7.15. The number of thiazole rings is 1. The van der Waals surface area contributed by atoms with Gasteiger partial charge in [-0.2, -0.15) is 0 Å². The number of benzene rings is 1. The van der Waals surface area contributed by atoms with Crippen molar-refractivity contribution >= 4 is 21.6 Å². The second-order valence-electron chi connectivity index (χ2n) is 4.97. The van der Waals surface area contributed by atoms with E-state index in [9.17, 15) is 5.11 Å². The molecule has 0 aliphatic carbocycles. The number of aromatic nitrogens is 1. The minimum absolute atomic E-state index is 0.167. The summed E-state index contributed by atoms with van der Waals surface area (Å²) >= 11 is 1.71. The van der Waals surface area contributed by atoms with Crippen molar-refractivity contribution in [1.82, 2.24) is 10.3 Å². The lowest BCUT2D eigenvalue weighted by Gasteiger charge is -2.23. The van der Waals surface area contributed by atoms with Crippen LogP contribution in [0.1, 0.15) is 38.2 Å². The van der Waals surface area contributed by atoms with Crippen molar-refractivity contribution in [2.75, 3.05) is 6.54 Å². The molecule has 98 valence electrons. The van der Waals surface area contributed by atoms with Gasteiger partial charge in [0.25, 0.3) is 0 Å². The number of hydrogen-bond donors (Lipinski definition) is 2. The molecule has 2 rings (SSSR count). The minimum atomic E-state index is -0.648. The Hall–Kier alpha value is -0.970. The van der Waals surface area contributed by atoms with E-state index in [4.69, 9.17) is 0 Å². The predicted molar refractivity (Wildman–Crippen MR) is 77.0 cm³/mol. The number of aliphatic hydroxyl groups is 1. The smallest absolute Gasteiger partial charge is 0.111 e. The monoisotopic (exact) mass is 264 g/mol. The van der Waals surface area contributed by atoms with E-state index in [1.54, 1.807) is 11.3 Å². The third-order valence-corrected chi connectivity index (χ3v) is 4.45. The number of nitrogens with one attached hydrogen (secondary N) is 1. The molecule has 1 heterocycles. The Balaban J connectivity index is 2.07. The largest absolute Gasteiger partial charge is 0.389 e. The van der Waals surface area contributed by atoms with Crippen molar-refractivity contribution < 1.29 is 5.11 Å². The first-order chi connectivity index (χ1) is 8.52. The Morgan fingerprint density at radius 1 is 1.44 bits per heavy atom. The SMILES string of the molecule is CCC(C)(O)CNC(C)c1nc2ccccc2s1. The first-order valence-electron chi connectivity index (χ1n) is 6.33. The average Bonchev–Trinajstić information content (AvgIpc) is 2.80. The van der Waals surface area contributed by atoms with Gasteiger partial charge in [-0.3, -0.25) is 0 Å². The number of para-hydroxylation sites is 1. The highest BCUT2D eigenvalue weighted by molar-refractivity contribution is 7.18. The van der Waals surface area contributed by atoms with Crippen LogP contribution in [-0.2, 0) is 0 Å². The zero-order valence-electron chi connectivity index (χ0n) is 11.1. The Labute approximate surface area is 112 Å². The van der Waals surface area contributed by atoms with E-state index in [-0.39, 0.29) is 6.04 Å². The van der Waals surface area contributed by atoms with Crippen molar-refractivity contribution in [2.24, 2.45) is 0 Å². The van der Waals surface area contributed by atoms with E-state index in [0.29, 0.717) is 6.54 Å². The fraction of sp³-hybridized carbons (Fsp3) is 0.500. The Kier molecular flexibility index (Phi) is 4.00. The molecule has 1 aromatic heterocycles. The summed E-state index contributed by atoms with van der Waals surface area (Å²) in [5, 5.41) is 14.4. The molecule has 0 amide bonds. The lowest BCUT2D eigenvalue weighted by molar-refractivity contribution is 0.0533. The van der Waals surface area contributed by atoms with Gasteiger partial charge in [0.05, 0.1) is 21.9 Å². The molecule has 0 bridgehead atoms. The number of fused-ring (bicyclic) bond motifs is 1. The van der Waals surface area contributed by atoms with Crippen molar-refractivity contribution in [3.05, 3.63) is 29.3 Å². The Morgan fingerprint density at radius 2 is 2.17 bits per heavy atom. The van der Waals surface area contributed by atoms with Crippen LogP contribution < -0.4 is 5.32 Å². The van der Waals surface area contributed by atoms with Gasteiger partial charge < -0.3 is 10.4 Å². The molecule has 4 heteroatoms. The van der Waals surface area contributed by atoms with E-state index in [0.717, 1.165) is 16.9 Å². The second kappa shape index (κ2) is 5.34. The molecule has 0 fully saturated rings. The maximum atomic E-state index is 9.98. The molecule has 0 spiro atoms. The van der Waals surface area contributed by atoms with Crippen LogP contribution in [0.2, 0.25) is 0 Å². The third kappa shape index (κ3) is 3.07. The van der Waals surface area contributed by atoms with Gasteiger partial charge in [-0.25, -0.2) is 4.98 Å². The summed E-state index contributed by atoms with van der Waals surface area (Å²) in [5.74, 6) is 0. The zero-order chi connectivity index (χ0) is 13.2. The summed E-state index contributed by atoms with van der Waals surface area (Å²) in [6.45, 7) is 6.51. The van der Waals surface area contributed by atoms with Crippen LogP contribution in [0.15, 0.2) is 24.3 Å². The average molecular weight is 264 g/mol. The van der Waals surface area contributed by atoms with E-state index in [1.807, 2.05) is 32.0 Å². The van der Waals surface area contributed by atoms with Crippen LogP contribution in [-0.4, -0.2) is 22.2 Å². The number of nitrogens with zero attached hydrogens (tertiary/aromatic N) is 1. The van der Waals surface area contributed by atoms with Crippen LogP contribution in [0.25, 0.3) is 10.2 Å². The van der Waals surface area contributed by atoms with Crippen molar-refractivity contribution in [1.29, 1.82) is 0 Å². The normalized spacial score (nSPS) is 16.7. The predicted octanol–water partition coefficient (Wildman–Crippen LogP) is 3.11. The van der Waals surface area contributed by atoms with Crippen molar-refractivity contribution in [2.45, 2.75) is 38.8 Å². The van der Waals surface area contributed by atoms with E-state index in [2.05, 4.69) is 23.3 Å². The molecule has 2 N–H and O–H groups in total. The third-order valence-electron chi connectivity index (χ3n) is 3.23. The molecule has 0 saturated carbocycles. The van der Waals surface area contributed by atoms with Gasteiger partial charge in [0.2, 0.25) is 0 Å². The van der Waals surface area contributed by atoms with E-state index in [1.165, 1.54) is 4.70 Å². The summed E-state index contributed by atoms with van der Waals surface area (Å²) in [6, 6.07) is 8.33. The van der Waals surface area contributed by atoms with Crippen LogP contribution >= 0.6 is 11.3 Å². The molecule has 18 heavy (non-hydrogen) atoms. The Morgan fingerprint density at radius 3 is 2.83 bits per heavy atom. The summed E-state index contributed by atoms with van der Waals surface area (Å²) < 4.78 is 1.21. The van der Waals surface area contributed by atoms with Crippen molar-refractivity contribution in [3.63, 3.8) is 0 Å². The molecule has 2 aromatic rings. The van der Waals surface area contributed by atoms with Gasteiger partial charge in [-0.15, -0.1) is 11.3 Å². The van der Waals surface area contributed by atoms with Crippen molar-refractivity contribution in [3.8, 4) is 0 Å². The highest BCUT2D eigenvalue weighted by Gasteiger charge is 2.19. The molecule has 2 unspecified atom stereocenters. The van der Waals surface area contributed by atoms with Gasteiger partial charge in [0.1, 0.15) is 5.01 Å². The summed E-state index contributed by atoms with van der Waals surface area (Å²) in [5.41, 5.74) is 0.402. The number of rotatable bonds is 5. The van der Waals surface area contributed by atoms with E-state index < -0.39 is 5.60 Å². The lowest BCUT2D eigenvalue weighted by Crippen LogP contribution is -2.38. The zero-order valence-corrected chi connectivity index (χ0v) is 11.9. The maximum absolute atomic E-state index is 9.98. The molecule has 2 atom stereocenters.